The fraction of sp³-hybridized carbons (Fsp3) is 0.353. The summed E-state index contributed by atoms with van der Waals surface area (Å²) >= 11 is 0. The lowest BCUT2D eigenvalue weighted by atomic mass is 10.2. The number of unbranched alkanes of at least 4 members (excludes halogenated alkanes) is 1. The molecule has 2 aromatic rings. The number of hydrogen-bond acceptors (Lipinski definition) is 8. The highest BCUT2D eigenvalue weighted by molar-refractivity contribution is 5.97. The number of rotatable bonds is 9. The molecule has 2 rings (SSSR count). The molecule has 0 saturated heterocycles. The van der Waals surface area contributed by atoms with Gasteiger partial charge in [0.25, 0.3) is 5.91 Å². The van der Waals surface area contributed by atoms with E-state index in [0.717, 1.165) is 12.8 Å². The van der Waals surface area contributed by atoms with Crippen LogP contribution in [0, 0.1) is 10.1 Å². The van der Waals surface area contributed by atoms with Gasteiger partial charge in [0.1, 0.15) is 12.1 Å². The van der Waals surface area contributed by atoms with E-state index in [1.165, 1.54) is 13.4 Å². The van der Waals surface area contributed by atoms with Gasteiger partial charge in [0, 0.05) is 13.6 Å². The molecule has 0 fully saturated rings. The summed E-state index contributed by atoms with van der Waals surface area (Å²) in [5.74, 6) is -0.0516. The Labute approximate surface area is 156 Å². The maximum Gasteiger partial charge on any atom is 0.355 e. The number of hydrogen-bond donors (Lipinski definition) is 2. The van der Waals surface area contributed by atoms with Crippen molar-refractivity contribution in [2.24, 2.45) is 0 Å². The van der Waals surface area contributed by atoms with E-state index < -0.39 is 10.8 Å². The van der Waals surface area contributed by atoms with Gasteiger partial charge in [-0.05, 0) is 18.6 Å². The number of carbonyl (C=O) groups is 1. The molecule has 0 aliphatic rings. The van der Waals surface area contributed by atoms with Crippen molar-refractivity contribution in [2.75, 3.05) is 31.0 Å². The minimum atomic E-state index is -0.574. The molecule has 0 radical (unpaired) electrons. The Hall–Kier alpha value is -3.43. The third-order valence-corrected chi connectivity index (χ3v) is 3.84. The molecule has 27 heavy (non-hydrogen) atoms. The van der Waals surface area contributed by atoms with Gasteiger partial charge in [-0.2, -0.15) is 0 Å². The maximum absolute atomic E-state index is 12.4. The van der Waals surface area contributed by atoms with E-state index >= 15 is 0 Å². The zero-order chi connectivity index (χ0) is 19.8. The lowest BCUT2D eigenvalue weighted by Crippen LogP contribution is -2.31. The second-order valence-corrected chi connectivity index (χ2v) is 5.71. The second kappa shape index (κ2) is 9.32. The highest BCUT2D eigenvalue weighted by Crippen LogP contribution is 2.30. The number of ether oxygens (including phenoxy) is 1. The fourth-order valence-electron chi connectivity index (χ4n) is 2.43. The van der Waals surface area contributed by atoms with E-state index in [9.17, 15) is 14.9 Å². The van der Waals surface area contributed by atoms with Gasteiger partial charge in [0.15, 0.2) is 0 Å². The predicted molar refractivity (Wildman–Crippen MR) is 101 cm³/mol. The van der Waals surface area contributed by atoms with Crippen LogP contribution in [0.4, 0.5) is 17.3 Å². The fourth-order valence-corrected chi connectivity index (χ4v) is 2.43. The van der Waals surface area contributed by atoms with E-state index in [1.54, 1.807) is 36.2 Å². The standard InChI is InChI=1S/C17H22N6O4/c1-4-5-10-22(2)16-14(23(25)26)15(18-11-19-16)20-21-17(24)12-8-6-7-9-13(12)27-3/h6-9,11H,4-5,10H2,1-3H3,(H,21,24)(H,18,19,20). The number of nitro groups is 1. The average molecular weight is 374 g/mol. The molecular weight excluding hydrogens is 352 g/mol. The van der Waals surface area contributed by atoms with E-state index in [4.69, 9.17) is 4.74 Å². The number of amides is 1. The Morgan fingerprint density at radius 3 is 2.74 bits per heavy atom. The van der Waals surface area contributed by atoms with Gasteiger partial charge in [-0.15, -0.1) is 0 Å². The van der Waals surface area contributed by atoms with Gasteiger partial charge >= 0.3 is 5.69 Å². The number of carbonyl (C=O) groups excluding carboxylic acids is 1. The van der Waals surface area contributed by atoms with Gasteiger partial charge in [-0.25, -0.2) is 9.97 Å². The molecule has 10 heteroatoms. The Balaban J connectivity index is 2.23. The van der Waals surface area contributed by atoms with Crippen LogP contribution in [0.2, 0.25) is 0 Å². The summed E-state index contributed by atoms with van der Waals surface area (Å²) in [7, 11) is 3.18. The number of para-hydroxylation sites is 1. The summed E-state index contributed by atoms with van der Waals surface area (Å²) in [6, 6.07) is 6.64. The molecule has 0 aliphatic carbocycles. The number of anilines is 2. The molecule has 1 aromatic heterocycles. The molecular formula is C17H22N6O4. The van der Waals surface area contributed by atoms with Crippen LogP contribution in [0.3, 0.4) is 0 Å². The first-order valence-electron chi connectivity index (χ1n) is 8.39. The molecule has 10 nitrogen and oxygen atoms in total. The molecule has 1 amide bonds. The molecule has 1 aromatic carbocycles. The van der Waals surface area contributed by atoms with E-state index in [2.05, 4.69) is 20.8 Å². The monoisotopic (exact) mass is 374 g/mol. The third-order valence-electron chi connectivity index (χ3n) is 3.84. The SMILES string of the molecule is CCCCN(C)c1ncnc(NNC(=O)c2ccccc2OC)c1[N+](=O)[O-]. The van der Waals surface area contributed by atoms with Crippen LogP contribution < -0.4 is 20.5 Å². The number of hydrazine groups is 1. The number of nitrogens with one attached hydrogen (secondary N) is 2. The molecule has 0 bridgehead atoms. The van der Waals surface area contributed by atoms with Crippen molar-refractivity contribution in [3.8, 4) is 5.75 Å². The lowest BCUT2D eigenvalue weighted by molar-refractivity contribution is -0.383. The summed E-state index contributed by atoms with van der Waals surface area (Å²) in [6.07, 6.45) is 3.02. The van der Waals surface area contributed by atoms with Crippen molar-refractivity contribution >= 4 is 23.2 Å². The highest BCUT2D eigenvalue weighted by Gasteiger charge is 2.26. The first kappa shape index (κ1) is 19.9. The topological polar surface area (TPSA) is 123 Å². The summed E-state index contributed by atoms with van der Waals surface area (Å²) < 4.78 is 5.14. The summed E-state index contributed by atoms with van der Waals surface area (Å²) in [6.45, 7) is 2.64. The predicted octanol–water partition coefficient (Wildman–Crippen LogP) is 2.39. The van der Waals surface area contributed by atoms with Gasteiger partial charge in [0.2, 0.25) is 11.6 Å². The van der Waals surface area contributed by atoms with Gasteiger partial charge < -0.3 is 9.64 Å². The van der Waals surface area contributed by atoms with Crippen LogP contribution in [0.5, 0.6) is 5.75 Å². The number of methoxy groups -OCH3 is 1. The van der Waals surface area contributed by atoms with Crippen LogP contribution in [0.1, 0.15) is 30.1 Å². The molecule has 0 spiro atoms. The normalized spacial score (nSPS) is 10.2. The summed E-state index contributed by atoms with van der Waals surface area (Å²) in [4.78, 5) is 33.0. The van der Waals surface area contributed by atoms with Crippen LogP contribution >= 0.6 is 0 Å². The lowest BCUT2D eigenvalue weighted by Gasteiger charge is -2.18. The smallest absolute Gasteiger partial charge is 0.355 e. The first-order chi connectivity index (χ1) is 13.0. The molecule has 0 unspecified atom stereocenters. The van der Waals surface area contributed by atoms with Gasteiger partial charge in [-0.1, -0.05) is 25.5 Å². The summed E-state index contributed by atoms with van der Waals surface area (Å²) in [5.41, 5.74) is 4.91. The zero-order valence-electron chi connectivity index (χ0n) is 15.4. The molecule has 0 saturated carbocycles. The van der Waals surface area contributed by atoms with Crippen molar-refractivity contribution in [3.63, 3.8) is 0 Å². The minimum Gasteiger partial charge on any atom is -0.496 e. The van der Waals surface area contributed by atoms with Gasteiger partial charge in [0.05, 0.1) is 17.6 Å². The van der Waals surface area contributed by atoms with Crippen LogP contribution in [-0.2, 0) is 0 Å². The van der Waals surface area contributed by atoms with Crippen LogP contribution in [0.15, 0.2) is 30.6 Å². The Kier molecular flexibility index (Phi) is 6.86. The van der Waals surface area contributed by atoms with Crippen molar-refractivity contribution < 1.29 is 14.5 Å². The van der Waals surface area contributed by atoms with E-state index in [1.807, 2.05) is 6.92 Å². The second-order valence-electron chi connectivity index (χ2n) is 5.71. The Bertz CT molecular complexity index is 814. The first-order valence-corrected chi connectivity index (χ1v) is 8.39. The zero-order valence-corrected chi connectivity index (χ0v) is 15.4. The average Bonchev–Trinajstić information content (AvgIpc) is 2.69. The van der Waals surface area contributed by atoms with E-state index in [0.29, 0.717) is 12.3 Å². The number of aromatic nitrogens is 2. The van der Waals surface area contributed by atoms with Crippen LogP contribution in [-0.4, -0.2) is 41.5 Å². The largest absolute Gasteiger partial charge is 0.496 e. The minimum absolute atomic E-state index is 0.100. The molecule has 144 valence electrons. The molecule has 1 heterocycles. The third kappa shape index (κ3) is 4.81. The molecule has 0 atom stereocenters. The van der Waals surface area contributed by atoms with Crippen molar-refractivity contribution in [2.45, 2.75) is 19.8 Å². The van der Waals surface area contributed by atoms with Crippen molar-refractivity contribution in [1.29, 1.82) is 0 Å². The maximum atomic E-state index is 12.4. The van der Waals surface area contributed by atoms with E-state index in [-0.39, 0.29) is 22.9 Å². The quantitative estimate of drug-likeness (QED) is 0.507. The van der Waals surface area contributed by atoms with Crippen molar-refractivity contribution in [3.05, 3.63) is 46.3 Å². The van der Waals surface area contributed by atoms with Gasteiger partial charge in [-0.3, -0.25) is 25.8 Å². The Morgan fingerprint density at radius 1 is 1.33 bits per heavy atom. The van der Waals surface area contributed by atoms with Crippen LogP contribution in [0.25, 0.3) is 0 Å². The Morgan fingerprint density at radius 2 is 2.07 bits per heavy atom. The number of nitrogens with zero attached hydrogens (tertiary/aromatic N) is 4. The summed E-state index contributed by atoms with van der Waals surface area (Å²) in [5, 5.41) is 11.6. The molecule has 2 N–H and O–H groups in total. The molecule has 0 aliphatic heterocycles. The van der Waals surface area contributed by atoms with Crippen molar-refractivity contribution in [1.82, 2.24) is 15.4 Å². The number of benzene rings is 1. The highest BCUT2D eigenvalue weighted by atomic mass is 16.6.